The van der Waals surface area contributed by atoms with Gasteiger partial charge in [-0.25, -0.2) is 9.82 Å². The van der Waals surface area contributed by atoms with Gasteiger partial charge in [0.25, 0.3) is 0 Å². The highest BCUT2D eigenvalue weighted by Gasteiger charge is 2.14. The van der Waals surface area contributed by atoms with Crippen LogP contribution in [-0.4, -0.2) is 16.7 Å². The first-order chi connectivity index (χ1) is 16.0. The van der Waals surface area contributed by atoms with Crippen molar-refractivity contribution in [3.63, 3.8) is 0 Å². The molecule has 3 aromatic carbocycles. The molecule has 164 valence electrons. The predicted octanol–water partition coefficient (Wildman–Crippen LogP) is 6.86. The lowest BCUT2D eigenvalue weighted by Gasteiger charge is -2.06. The van der Waals surface area contributed by atoms with Crippen molar-refractivity contribution in [2.75, 3.05) is 0 Å². The Morgan fingerprint density at radius 3 is 2.73 bits per heavy atom. The zero-order valence-corrected chi connectivity index (χ0v) is 20.2. The van der Waals surface area contributed by atoms with Crippen molar-refractivity contribution in [2.24, 2.45) is 5.10 Å². The summed E-state index contributed by atoms with van der Waals surface area (Å²) in [5, 5.41) is 5.86. The van der Waals surface area contributed by atoms with E-state index in [9.17, 15) is 9.18 Å². The van der Waals surface area contributed by atoms with Crippen LogP contribution in [0.2, 0.25) is 0 Å². The maximum Gasteiger partial charge on any atom is 0.307 e. The number of hydrogen-bond acceptors (Lipinski definition) is 3. The third kappa shape index (κ3) is 4.36. The van der Waals surface area contributed by atoms with Crippen LogP contribution in [0.4, 0.5) is 4.39 Å². The number of carbonyl (C=O) groups is 1. The third-order valence-corrected chi connectivity index (χ3v) is 6.29. The number of hydrogen-bond donors (Lipinski definition) is 1. The first kappa shape index (κ1) is 21.6. The van der Waals surface area contributed by atoms with E-state index in [4.69, 9.17) is 4.42 Å². The average Bonchev–Trinajstić information content (AvgIpc) is 3.38. The Hall–Kier alpha value is -3.23. The molecule has 0 atom stereocenters. The van der Waals surface area contributed by atoms with Crippen molar-refractivity contribution in [3.05, 3.63) is 105 Å². The number of aromatic nitrogens is 1. The Kier molecular flexibility index (Phi) is 5.86. The van der Waals surface area contributed by atoms with Crippen LogP contribution in [0.1, 0.15) is 21.7 Å². The molecule has 0 saturated heterocycles. The number of hydrazone groups is 1. The van der Waals surface area contributed by atoms with Crippen molar-refractivity contribution in [2.45, 2.75) is 6.54 Å². The lowest BCUT2D eigenvalue weighted by atomic mass is 10.2. The van der Waals surface area contributed by atoms with Gasteiger partial charge in [-0.05, 0) is 46.3 Å². The number of benzene rings is 3. The molecule has 0 aliphatic rings. The normalized spacial score (nSPS) is 11.6. The number of para-hydroxylation sites is 1. The first-order valence-corrected chi connectivity index (χ1v) is 11.6. The molecule has 33 heavy (non-hydrogen) atoms. The van der Waals surface area contributed by atoms with E-state index in [1.807, 2.05) is 53.2 Å². The smallest absolute Gasteiger partial charge is 0.307 e. The molecule has 0 bridgehead atoms. The summed E-state index contributed by atoms with van der Waals surface area (Å²) in [6.45, 7) is 0.386. The van der Waals surface area contributed by atoms with E-state index >= 15 is 0 Å². The summed E-state index contributed by atoms with van der Waals surface area (Å²) >= 11 is 6.86. The third-order valence-electron chi connectivity index (χ3n) is 5.25. The largest absolute Gasteiger partial charge is 0.450 e. The van der Waals surface area contributed by atoms with Gasteiger partial charge in [0.05, 0.1) is 17.2 Å². The van der Waals surface area contributed by atoms with Gasteiger partial charge >= 0.3 is 5.91 Å². The van der Waals surface area contributed by atoms with Gasteiger partial charge in [0.15, 0.2) is 5.76 Å². The summed E-state index contributed by atoms with van der Waals surface area (Å²) in [6.07, 6.45) is 3.47. The van der Waals surface area contributed by atoms with Gasteiger partial charge in [-0.2, -0.15) is 5.10 Å². The molecule has 2 heterocycles. The molecule has 0 aliphatic heterocycles. The number of carbonyl (C=O) groups excluding carboxylic acids is 1. The molecule has 0 spiro atoms. The highest BCUT2D eigenvalue weighted by Crippen LogP contribution is 2.31. The minimum absolute atomic E-state index is 0.155. The molecule has 0 aliphatic carbocycles. The number of halogens is 3. The second kappa shape index (κ2) is 8.96. The monoisotopic (exact) mass is 567 g/mol. The standard InChI is InChI=1S/C25H16Br2FN3O2/c26-18-9-16-10-23(33-24(16)20(27)11-18)25(32)30-29-12-17-14-31(22-8-4-2-6-19(17)22)13-15-5-1-3-7-21(15)28/h1-12,14H,13H2,(H,30,32)/b29-12-. The second-order valence-corrected chi connectivity index (χ2v) is 9.21. The van der Waals surface area contributed by atoms with Crippen LogP contribution in [0.25, 0.3) is 21.9 Å². The lowest BCUT2D eigenvalue weighted by molar-refractivity contribution is 0.0929. The maximum absolute atomic E-state index is 14.2. The number of nitrogens with zero attached hydrogens (tertiary/aromatic N) is 2. The van der Waals surface area contributed by atoms with E-state index in [0.717, 1.165) is 30.8 Å². The number of rotatable bonds is 5. The molecule has 5 aromatic rings. The van der Waals surface area contributed by atoms with Crippen LogP contribution < -0.4 is 5.43 Å². The van der Waals surface area contributed by atoms with Crippen LogP contribution >= 0.6 is 31.9 Å². The number of nitrogens with one attached hydrogen (secondary N) is 1. The molecule has 2 aromatic heterocycles. The minimum atomic E-state index is -0.458. The topological polar surface area (TPSA) is 59.5 Å². The van der Waals surface area contributed by atoms with Crippen LogP contribution in [0, 0.1) is 5.82 Å². The quantitative estimate of drug-likeness (QED) is 0.186. The summed E-state index contributed by atoms with van der Waals surface area (Å²) < 4.78 is 23.4. The second-order valence-electron chi connectivity index (χ2n) is 7.44. The summed E-state index contributed by atoms with van der Waals surface area (Å²) in [4.78, 5) is 12.6. The van der Waals surface area contributed by atoms with Gasteiger partial charge in [0.1, 0.15) is 11.4 Å². The Bertz CT molecular complexity index is 1540. The number of amides is 1. The van der Waals surface area contributed by atoms with Gasteiger partial charge < -0.3 is 8.98 Å². The van der Waals surface area contributed by atoms with Gasteiger partial charge in [-0.3, -0.25) is 4.79 Å². The Morgan fingerprint density at radius 1 is 1.09 bits per heavy atom. The fourth-order valence-corrected chi connectivity index (χ4v) is 5.06. The fourth-order valence-electron chi connectivity index (χ4n) is 3.72. The van der Waals surface area contributed by atoms with E-state index in [-0.39, 0.29) is 11.6 Å². The van der Waals surface area contributed by atoms with Crippen molar-refractivity contribution < 1.29 is 13.6 Å². The van der Waals surface area contributed by atoms with E-state index < -0.39 is 5.91 Å². The Morgan fingerprint density at radius 2 is 1.88 bits per heavy atom. The van der Waals surface area contributed by atoms with E-state index in [1.54, 1.807) is 24.4 Å². The molecule has 0 saturated carbocycles. The van der Waals surface area contributed by atoms with Gasteiger partial charge in [-0.15, -0.1) is 0 Å². The molecule has 1 amide bonds. The van der Waals surface area contributed by atoms with Crippen LogP contribution in [0.5, 0.6) is 0 Å². The van der Waals surface area contributed by atoms with E-state index in [1.165, 1.54) is 6.07 Å². The minimum Gasteiger partial charge on any atom is -0.450 e. The summed E-state index contributed by atoms with van der Waals surface area (Å²) in [7, 11) is 0. The molecular formula is C25H16Br2FN3O2. The fraction of sp³-hybridized carbons (Fsp3) is 0.0400. The zero-order valence-electron chi connectivity index (χ0n) is 17.1. The number of furan rings is 1. The molecule has 5 rings (SSSR count). The van der Waals surface area contributed by atoms with Crippen molar-refractivity contribution in [1.29, 1.82) is 0 Å². The molecule has 1 N–H and O–H groups in total. The molecule has 8 heteroatoms. The van der Waals surface area contributed by atoms with E-state index in [2.05, 4.69) is 42.4 Å². The van der Waals surface area contributed by atoms with Gasteiger partial charge in [-0.1, -0.05) is 52.3 Å². The predicted molar refractivity (Wildman–Crippen MR) is 134 cm³/mol. The first-order valence-electron chi connectivity index (χ1n) is 10.0. The Balaban J connectivity index is 1.39. The Labute approximate surface area is 205 Å². The molecule has 0 radical (unpaired) electrons. The zero-order chi connectivity index (χ0) is 22.9. The van der Waals surface area contributed by atoms with Crippen LogP contribution in [0.15, 0.2) is 91.4 Å². The van der Waals surface area contributed by atoms with Gasteiger partial charge in [0, 0.05) is 38.1 Å². The van der Waals surface area contributed by atoms with Crippen LogP contribution in [0.3, 0.4) is 0 Å². The van der Waals surface area contributed by atoms with Crippen molar-refractivity contribution in [3.8, 4) is 0 Å². The summed E-state index contributed by atoms with van der Waals surface area (Å²) in [5.41, 5.74) is 5.45. The highest BCUT2D eigenvalue weighted by atomic mass is 79.9. The average molecular weight is 569 g/mol. The highest BCUT2D eigenvalue weighted by molar-refractivity contribution is 9.11. The lowest BCUT2D eigenvalue weighted by Crippen LogP contribution is -2.16. The van der Waals surface area contributed by atoms with Gasteiger partial charge in [0.2, 0.25) is 0 Å². The SMILES string of the molecule is O=C(N/N=C\c1cn(Cc2ccccc2F)c2ccccc12)c1cc2cc(Br)cc(Br)c2o1. The van der Waals surface area contributed by atoms with Crippen molar-refractivity contribution in [1.82, 2.24) is 9.99 Å². The summed E-state index contributed by atoms with van der Waals surface area (Å²) in [5.74, 6) is -0.550. The molecule has 5 nitrogen and oxygen atoms in total. The summed E-state index contributed by atoms with van der Waals surface area (Å²) in [6, 6.07) is 19.9. The molecular weight excluding hydrogens is 553 g/mol. The van der Waals surface area contributed by atoms with Crippen LogP contribution in [-0.2, 0) is 6.54 Å². The molecule has 0 unspecified atom stereocenters. The number of fused-ring (bicyclic) bond motifs is 2. The van der Waals surface area contributed by atoms with Crippen molar-refractivity contribution >= 4 is 65.9 Å². The molecule has 0 fully saturated rings. The van der Waals surface area contributed by atoms with E-state index in [0.29, 0.717) is 17.7 Å². The maximum atomic E-state index is 14.2.